The van der Waals surface area contributed by atoms with Crippen molar-refractivity contribution < 1.29 is 53.2 Å². The van der Waals surface area contributed by atoms with Crippen LogP contribution >= 0.6 is 47.0 Å². The summed E-state index contributed by atoms with van der Waals surface area (Å²) < 4.78 is 23.6. The molecule has 0 saturated carbocycles. The van der Waals surface area contributed by atoms with Gasteiger partial charge >= 0.3 is 5.97 Å². The summed E-state index contributed by atoms with van der Waals surface area (Å²) in [6.07, 6.45) is 6.71. The lowest BCUT2D eigenvalue weighted by Gasteiger charge is -2.37. The van der Waals surface area contributed by atoms with Crippen molar-refractivity contribution in [3.05, 3.63) is 386 Å². The van der Waals surface area contributed by atoms with Crippen molar-refractivity contribution in [2.24, 2.45) is 38.9 Å². The SMILES string of the molecule is CCOC(=O)C(C(N)=NCCO)=C(O)c1ccccc1.Cc1ccc(-c2ccc(=O)n(CC(=O)N3CCC4(CC3)OCCO4)n2)cc1.Cn1c(SCC(=O)c2ccccc2)nc(-c2ccccc2)cc1=O.Cn1c(SCC(=O)c2ccccc2)nc2c(c1=O)CCCC2.Cn1c(SCC(=O)c2ccccc2)nc2c(c1=O)CCc1ccccc1-2.Cn1c(SCC(=O)c2ccccc2)nc2ccccc2c1=O. The third-order valence-electron chi connectivity index (χ3n) is 23.2. The lowest BCUT2D eigenvalue weighted by Crippen LogP contribution is -2.48. The highest BCUT2D eigenvalue weighted by atomic mass is 32.2. The minimum atomic E-state index is -0.756. The van der Waals surface area contributed by atoms with E-state index in [1.54, 1.807) is 134 Å². The number of aliphatic hydroxyl groups is 2. The summed E-state index contributed by atoms with van der Waals surface area (Å²) in [6.45, 7) is 5.93. The van der Waals surface area contributed by atoms with E-state index in [1.807, 2.05) is 177 Å². The molecule has 4 N–H and O–H groups in total. The van der Waals surface area contributed by atoms with Gasteiger partial charge in [0.2, 0.25) is 5.91 Å². The van der Waals surface area contributed by atoms with Gasteiger partial charge in [-0.3, -0.25) is 71.2 Å². The Bertz CT molecular complexity index is 7160. The van der Waals surface area contributed by atoms with E-state index in [-0.39, 0.29) is 118 Å². The van der Waals surface area contributed by atoms with Gasteiger partial charge in [0.15, 0.2) is 49.5 Å². The van der Waals surface area contributed by atoms with Crippen molar-refractivity contribution in [1.29, 1.82) is 0 Å². The number of hydrogen-bond acceptors (Lipinski definition) is 26. The Morgan fingerprint density at radius 3 is 1.48 bits per heavy atom. The third kappa shape index (κ3) is 27.8. The van der Waals surface area contributed by atoms with Gasteiger partial charge in [-0.15, -0.1) is 0 Å². The topological polar surface area (TPSA) is 387 Å². The van der Waals surface area contributed by atoms with E-state index in [2.05, 4.69) is 31.1 Å². The van der Waals surface area contributed by atoms with Gasteiger partial charge in [-0.25, -0.2) is 29.4 Å². The van der Waals surface area contributed by atoms with E-state index in [0.717, 1.165) is 76.9 Å². The van der Waals surface area contributed by atoms with Crippen molar-refractivity contribution in [2.75, 3.05) is 69.1 Å². The molecule has 33 heteroatoms. The Hall–Kier alpha value is -14.5. The van der Waals surface area contributed by atoms with Crippen LogP contribution in [0.2, 0.25) is 0 Å². The van der Waals surface area contributed by atoms with Crippen molar-refractivity contribution in [1.82, 2.24) is 52.9 Å². The summed E-state index contributed by atoms with van der Waals surface area (Å²) in [6, 6.07) is 82.5. The van der Waals surface area contributed by atoms with Crippen LogP contribution in [0.3, 0.4) is 0 Å². The molecule has 2 aliphatic carbocycles. The maximum Gasteiger partial charge on any atom is 0.345 e. The molecule has 5 aromatic heterocycles. The first-order valence-electron chi connectivity index (χ1n) is 45.8. The molecule has 0 atom stereocenters. The Balaban J connectivity index is 0.000000143. The average molecular weight is 1970 g/mol. The Morgan fingerprint density at radius 1 is 0.475 bits per heavy atom. The number of thioether (sulfide) groups is 4. The number of aryl methyl sites for hydroxylation is 3. The average Bonchev–Trinajstić information content (AvgIpc) is 1.31. The first-order chi connectivity index (χ1) is 68.3. The van der Waals surface area contributed by atoms with Crippen LogP contribution in [-0.4, -0.2) is 179 Å². The summed E-state index contributed by atoms with van der Waals surface area (Å²) in [4.78, 5) is 159. The molecule has 7 heterocycles. The number of ether oxygens (including phenoxy) is 3. The number of rotatable bonds is 26. The molecular formula is C108H107N13O16S4. The van der Waals surface area contributed by atoms with Gasteiger partial charge in [0.1, 0.15) is 23.7 Å². The van der Waals surface area contributed by atoms with Gasteiger partial charge in [-0.05, 0) is 76.1 Å². The number of carbonyl (C=O) groups is 6. The van der Waals surface area contributed by atoms with E-state index in [4.69, 9.17) is 30.0 Å². The van der Waals surface area contributed by atoms with E-state index in [9.17, 15) is 57.8 Å². The van der Waals surface area contributed by atoms with Crippen LogP contribution in [0.25, 0.3) is 50.4 Å². The number of esters is 1. The predicted molar refractivity (Wildman–Crippen MR) is 552 cm³/mol. The number of ketones is 4. The second kappa shape index (κ2) is 50.9. The molecule has 0 unspecified atom stereocenters. The zero-order valence-electron chi connectivity index (χ0n) is 78.8. The van der Waals surface area contributed by atoms with Crippen molar-refractivity contribution in [2.45, 2.75) is 98.2 Å². The number of carbonyl (C=O) groups excluding carboxylic acids is 6. The van der Waals surface area contributed by atoms with E-state index >= 15 is 0 Å². The lowest BCUT2D eigenvalue weighted by atomic mass is 9.90. The number of piperidine rings is 1. The molecule has 1 amide bonds. The van der Waals surface area contributed by atoms with Gasteiger partial charge in [0.05, 0.1) is 89.7 Å². The number of amides is 1. The van der Waals surface area contributed by atoms with E-state index < -0.39 is 11.8 Å². The maximum absolute atomic E-state index is 12.8. The second-order valence-electron chi connectivity index (χ2n) is 32.8. The van der Waals surface area contributed by atoms with E-state index in [0.29, 0.717) is 122 Å². The number of likely N-dealkylation sites (tertiary alicyclic amines) is 1. The number of nitrogens with two attached hydrogens (primary N) is 1. The Morgan fingerprint density at radius 2 is 0.936 bits per heavy atom. The number of para-hydroxylation sites is 1. The second-order valence-corrected chi connectivity index (χ2v) is 36.5. The summed E-state index contributed by atoms with van der Waals surface area (Å²) in [7, 11) is 6.81. The van der Waals surface area contributed by atoms with Crippen molar-refractivity contribution >= 4 is 105 Å². The number of amidine groups is 1. The van der Waals surface area contributed by atoms with E-state index in [1.165, 1.54) is 78.6 Å². The zero-order valence-corrected chi connectivity index (χ0v) is 82.1. The standard InChI is InChI=1S/C21H18N2O2S.C20H23N3O4.C19H16N2O2S.C17H18N2O2S.C17H14N2O2S.C14H18N2O4/c1-23-20(25)17-12-11-14-7-5-6-10-16(14)19(17)22-21(23)26-13-18(24)15-8-3-2-4-9-15;1-15-2-4-16(5-3-15)17-6-7-18(24)23(21-17)14-19(25)22-10-8-20(9-11-22)26-12-13-27-20;1-21-18(23)12-16(14-8-4-2-5-9-14)20-19(21)24-13-17(22)15-10-6-3-7-11-15;2*1-19-16(21)13-9-5-6-10-14(13)18-17(19)22-11-15(20)12-7-3-2-4-8-12;1-2-20-14(19)11(13(15)16-8-9-17)12(18)10-6-4-3-5-7-10/h2-10H,11-13H2,1H3;2-7H,8-14H2,1H3;2-12H,13H2,1H3;2-4,7-8H,5-6,9-11H2,1H3;2-10H,11H2,1H3;3-7,17-18H,2,8-9H2,1H3,(H2,15,16). The van der Waals surface area contributed by atoms with Gasteiger partial charge in [0.25, 0.3) is 27.8 Å². The Kier molecular flexibility index (Phi) is 37.5. The monoisotopic (exact) mass is 1970 g/mol. The van der Waals surface area contributed by atoms with Crippen LogP contribution in [0.1, 0.15) is 108 Å². The highest BCUT2D eigenvalue weighted by Gasteiger charge is 2.41. The van der Waals surface area contributed by atoms with Gasteiger partial charge < -0.3 is 35.1 Å². The molecule has 1 spiro atoms. The quantitative estimate of drug-likeness (QED) is 0.00662. The first kappa shape index (κ1) is 104. The normalized spacial score (nSPS) is 13.3. The molecule has 141 heavy (non-hydrogen) atoms. The molecule has 2 aliphatic heterocycles. The van der Waals surface area contributed by atoms with Crippen LogP contribution in [0.5, 0.6) is 0 Å². The predicted octanol–water partition coefficient (Wildman–Crippen LogP) is 14.9. The molecule has 9 aromatic carbocycles. The summed E-state index contributed by atoms with van der Waals surface area (Å²) in [5.41, 5.74) is 18.6. The van der Waals surface area contributed by atoms with Crippen LogP contribution in [0.15, 0.2) is 328 Å². The number of fused-ring (bicyclic) bond motifs is 5. The number of aliphatic imine (C=N–C) groups is 1. The van der Waals surface area contributed by atoms with Crippen LogP contribution in [-0.2, 0) is 84.2 Å². The van der Waals surface area contributed by atoms with Gasteiger partial charge in [0, 0.05) is 122 Å². The van der Waals surface area contributed by atoms with Crippen LogP contribution in [0.4, 0.5) is 0 Å². The smallest absolute Gasteiger partial charge is 0.345 e. The van der Waals surface area contributed by atoms with Crippen LogP contribution < -0.4 is 33.5 Å². The molecular weight excluding hydrogens is 1860 g/mol. The number of aromatic nitrogens is 10. The zero-order chi connectivity index (χ0) is 99.9. The fraction of sp³-hybridized carbons (Fsp3) is 0.250. The number of hydrogen-bond donors (Lipinski definition) is 3. The summed E-state index contributed by atoms with van der Waals surface area (Å²) >= 11 is 5.21. The molecule has 14 aromatic rings. The molecule has 0 bridgehead atoms. The highest BCUT2D eigenvalue weighted by molar-refractivity contribution is 8.00. The number of benzene rings is 9. The van der Waals surface area contributed by atoms with Crippen molar-refractivity contribution in [3.8, 4) is 33.8 Å². The van der Waals surface area contributed by atoms with Crippen molar-refractivity contribution in [3.63, 3.8) is 0 Å². The highest BCUT2D eigenvalue weighted by Crippen LogP contribution is 2.35. The molecule has 4 aliphatic rings. The fourth-order valence-corrected chi connectivity index (χ4v) is 18.9. The first-order valence-corrected chi connectivity index (χ1v) is 49.7. The molecule has 724 valence electrons. The molecule has 0 radical (unpaired) electrons. The number of nitrogens with zero attached hydrogens (tertiary/aromatic N) is 12. The molecule has 2 saturated heterocycles. The summed E-state index contributed by atoms with van der Waals surface area (Å²) in [5, 5.41) is 26.2. The van der Waals surface area contributed by atoms with Gasteiger partial charge in [-0.1, -0.05) is 295 Å². The molecule has 18 rings (SSSR count). The maximum atomic E-state index is 12.8. The van der Waals surface area contributed by atoms with Crippen LogP contribution in [0, 0.1) is 6.92 Å². The largest absolute Gasteiger partial charge is 0.506 e. The van der Waals surface area contributed by atoms with Gasteiger partial charge in [-0.2, -0.15) is 5.10 Å². The number of Topliss-reactive ketones (excluding diaryl/α,β-unsaturated/α-hetero) is 4. The third-order valence-corrected chi connectivity index (χ3v) is 27.3. The molecule has 29 nitrogen and oxygen atoms in total. The number of aliphatic hydroxyl groups excluding tert-OH is 2. The summed E-state index contributed by atoms with van der Waals surface area (Å²) in [5.74, 6) is -0.696. The minimum Gasteiger partial charge on any atom is -0.506 e. The Labute approximate surface area is 831 Å². The minimum absolute atomic E-state index is 0.0139. The lowest BCUT2D eigenvalue weighted by molar-refractivity contribution is -0.187. The molecule has 2 fully saturated rings. The fourth-order valence-electron chi connectivity index (χ4n) is 15.4.